The number of benzene rings is 1. The van der Waals surface area contributed by atoms with E-state index in [4.69, 9.17) is 16.0 Å². The van der Waals surface area contributed by atoms with Crippen LogP contribution in [0.25, 0.3) is 11.0 Å². The number of fused-ring (bicyclic) bond motifs is 1. The molecular formula is C23H23ClN4O4. The lowest BCUT2D eigenvalue weighted by Gasteiger charge is -2.14. The van der Waals surface area contributed by atoms with E-state index in [2.05, 4.69) is 15.6 Å². The van der Waals surface area contributed by atoms with Gasteiger partial charge >= 0.3 is 0 Å². The Labute approximate surface area is 189 Å². The van der Waals surface area contributed by atoms with Gasteiger partial charge in [0.25, 0.3) is 5.91 Å². The first-order valence-corrected chi connectivity index (χ1v) is 10.9. The van der Waals surface area contributed by atoms with Crippen molar-refractivity contribution in [2.24, 2.45) is 0 Å². The first kappa shape index (κ1) is 21.8. The van der Waals surface area contributed by atoms with Crippen molar-refractivity contribution in [1.29, 1.82) is 0 Å². The zero-order valence-electron chi connectivity index (χ0n) is 17.4. The summed E-state index contributed by atoms with van der Waals surface area (Å²) in [6.07, 6.45) is 4.43. The van der Waals surface area contributed by atoms with Gasteiger partial charge in [-0.1, -0.05) is 23.7 Å². The standard InChI is InChI=1S/C23H23ClN4O4/c24-15-10-11-18(25-14-15)26-23(31)22-21(16-6-1-2-7-17(16)32-22)27-19(29)8-5-9-20(30)28-12-3-4-13-28/h1-2,6-7,10-11,14H,3-5,8-9,12-13H2,(H,27,29)(H,25,26,31). The van der Waals surface area contributed by atoms with Crippen LogP contribution in [-0.4, -0.2) is 40.7 Å². The minimum Gasteiger partial charge on any atom is -0.449 e. The lowest BCUT2D eigenvalue weighted by atomic mass is 10.2. The molecule has 1 saturated heterocycles. The Balaban J connectivity index is 1.44. The van der Waals surface area contributed by atoms with E-state index in [0.29, 0.717) is 40.3 Å². The highest BCUT2D eigenvalue weighted by Gasteiger charge is 2.23. The van der Waals surface area contributed by atoms with Crippen LogP contribution in [0, 0.1) is 0 Å². The molecule has 2 N–H and O–H groups in total. The summed E-state index contributed by atoms with van der Waals surface area (Å²) in [7, 11) is 0. The van der Waals surface area contributed by atoms with Gasteiger partial charge in [0.05, 0.1) is 5.02 Å². The number of carbonyl (C=O) groups is 3. The summed E-state index contributed by atoms with van der Waals surface area (Å²) in [6.45, 7) is 1.60. The first-order valence-electron chi connectivity index (χ1n) is 10.5. The average Bonchev–Trinajstić information content (AvgIpc) is 3.44. The summed E-state index contributed by atoms with van der Waals surface area (Å²) in [5.74, 6) is -0.471. The van der Waals surface area contributed by atoms with Gasteiger partial charge in [0.2, 0.25) is 17.6 Å². The molecule has 3 amide bonds. The number of hydrogen-bond acceptors (Lipinski definition) is 5. The Hall–Kier alpha value is -3.39. The second-order valence-electron chi connectivity index (χ2n) is 7.61. The van der Waals surface area contributed by atoms with Crippen molar-refractivity contribution in [3.63, 3.8) is 0 Å². The molecule has 0 atom stereocenters. The van der Waals surface area contributed by atoms with Crippen LogP contribution < -0.4 is 10.6 Å². The predicted molar refractivity (Wildman–Crippen MR) is 122 cm³/mol. The smallest absolute Gasteiger partial charge is 0.294 e. The zero-order chi connectivity index (χ0) is 22.5. The molecule has 32 heavy (non-hydrogen) atoms. The second kappa shape index (κ2) is 9.82. The normalized spacial score (nSPS) is 13.3. The van der Waals surface area contributed by atoms with E-state index in [1.807, 2.05) is 4.90 Å². The van der Waals surface area contributed by atoms with Crippen LogP contribution in [0.5, 0.6) is 0 Å². The predicted octanol–water partition coefficient (Wildman–Crippen LogP) is 4.46. The number of aromatic nitrogens is 1. The van der Waals surface area contributed by atoms with Crippen LogP contribution in [0.1, 0.15) is 42.7 Å². The number of furan rings is 1. The van der Waals surface area contributed by atoms with Crippen LogP contribution >= 0.6 is 11.6 Å². The van der Waals surface area contributed by atoms with E-state index >= 15 is 0 Å². The summed E-state index contributed by atoms with van der Waals surface area (Å²) in [5, 5.41) is 6.50. The van der Waals surface area contributed by atoms with Crippen molar-refractivity contribution >= 4 is 51.8 Å². The van der Waals surface area contributed by atoms with E-state index in [1.54, 1.807) is 36.4 Å². The van der Waals surface area contributed by atoms with Crippen molar-refractivity contribution < 1.29 is 18.8 Å². The second-order valence-corrected chi connectivity index (χ2v) is 8.04. The molecule has 1 aromatic carbocycles. The molecule has 0 aliphatic carbocycles. The van der Waals surface area contributed by atoms with Crippen molar-refractivity contribution in [2.75, 3.05) is 23.7 Å². The maximum absolute atomic E-state index is 12.8. The Bertz CT molecular complexity index is 1140. The Morgan fingerprint density at radius 3 is 2.56 bits per heavy atom. The number of nitrogens with one attached hydrogen (secondary N) is 2. The minimum atomic E-state index is -0.546. The van der Waals surface area contributed by atoms with Gasteiger partial charge in [-0.2, -0.15) is 0 Å². The van der Waals surface area contributed by atoms with Gasteiger partial charge in [0.15, 0.2) is 0 Å². The Morgan fingerprint density at radius 1 is 1.03 bits per heavy atom. The van der Waals surface area contributed by atoms with Crippen molar-refractivity contribution in [3.05, 3.63) is 53.4 Å². The monoisotopic (exact) mass is 454 g/mol. The molecule has 166 valence electrons. The van der Waals surface area contributed by atoms with Crippen LogP contribution in [0.2, 0.25) is 5.02 Å². The summed E-state index contributed by atoms with van der Waals surface area (Å²) in [6, 6.07) is 10.2. The summed E-state index contributed by atoms with van der Waals surface area (Å²) < 4.78 is 5.73. The summed E-state index contributed by atoms with van der Waals surface area (Å²) in [5.41, 5.74) is 0.768. The molecule has 0 radical (unpaired) electrons. The van der Waals surface area contributed by atoms with Crippen LogP contribution in [0.3, 0.4) is 0 Å². The largest absolute Gasteiger partial charge is 0.449 e. The van der Waals surface area contributed by atoms with E-state index in [-0.39, 0.29) is 24.0 Å². The molecule has 0 unspecified atom stereocenters. The summed E-state index contributed by atoms with van der Waals surface area (Å²) in [4.78, 5) is 43.5. The molecular weight excluding hydrogens is 432 g/mol. The molecule has 1 aliphatic rings. The lowest BCUT2D eigenvalue weighted by Crippen LogP contribution is -2.27. The fourth-order valence-electron chi connectivity index (χ4n) is 3.68. The minimum absolute atomic E-state index is 0.0237. The maximum atomic E-state index is 12.8. The average molecular weight is 455 g/mol. The molecule has 4 rings (SSSR count). The Kier molecular flexibility index (Phi) is 6.70. The van der Waals surface area contributed by atoms with Gasteiger partial charge in [0, 0.05) is 37.5 Å². The van der Waals surface area contributed by atoms with E-state index < -0.39 is 5.91 Å². The summed E-state index contributed by atoms with van der Waals surface area (Å²) >= 11 is 5.83. The molecule has 9 heteroatoms. The number of pyridine rings is 1. The fourth-order valence-corrected chi connectivity index (χ4v) is 3.79. The quantitative estimate of drug-likeness (QED) is 0.548. The topological polar surface area (TPSA) is 105 Å². The third kappa shape index (κ3) is 5.08. The molecule has 2 aromatic heterocycles. The third-order valence-corrected chi connectivity index (χ3v) is 5.51. The zero-order valence-corrected chi connectivity index (χ0v) is 18.2. The van der Waals surface area contributed by atoms with E-state index in [1.165, 1.54) is 6.20 Å². The van der Waals surface area contributed by atoms with Gasteiger partial charge in [0.1, 0.15) is 17.1 Å². The van der Waals surface area contributed by atoms with Gasteiger partial charge in [-0.3, -0.25) is 14.4 Å². The number of likely N-dealkylation sites (tertiary alicyclic amines) is 1. The highest BCUT2D eigenvalue weighted by atomic mass is 35.5. The molecule has 0 saturated carbocycles. The highest BCUT2D eigenvalue weighted by molar-refractivity contribution is 6.30. The molecule has 0 bridgehead atoms. The number of para-hydroxylation sites is 1. The van der Waals surface area contributed by atoms with Gasteiger partial charge in [-0.05, 0) is 43.5 Å². The number of anilines is 2. The van der Waals surface area contributed by atoms with E-state index in [0.717, 1.165) is 25.9 Å². The number of rotatable bonds is 7. The number of halogens is 1. The fraction of sp³-hybridized carbons (Fsp3) is 0.304. The molecule has 3 aromatic rings. The van der Waals surface area contributed by atoms with Crippen LogP contribution in [0.4, 0.5) is 11.5 Å². The van der Waals surface area contributed by atoms with Crippen LogP contribution in [-0.2, 0) is 9.59 Å². The SMILES string of the molecule is O=C(CCCC(=O)N1CCCC1)Nc1c(C(=O)Nc2ccc(Cl)cn2)oc2ccccc12. The lowest BCUT2D eigenvalue weighted by molar-refractivity contribution is -0.130. The van der Waals surface area contributed by atoms with Gasteiger partial charge in [-0.15, -0.1) is 0 Å². The number of carbonyl (C=O) groups excluding carboxylic acids is 3. The number of hydrogen-bond donors (Lipinski definition) is 2. The van der Waals surface area contributed by atoms with Crippen molar-refractivity contribution in [1.82, 2.24) is 9.88 Å². The van der Waals surface area contributed by atoms with Crippen molar-refractivity contribution in [3.8, 4) is 0 Å². The van der Waals surface area contributed by atoms with E-state index in [9.17, 15) is 14.4 Å². The molecule has 0 spiro atoms. The maximum Gasteiger partial charge on any atom is 0.294 e. The van der Waals surface area contributed by atoms with Crippen LogP contribution in [0.15, 0.2) is 47.0 Å². The molecule has 1 fully saturated rings. The molecule has 3 heterocycles. The number of amides is 3. The Morgan fingerprint density at radius 2 is 1.81 bits per heavy atom. The van der Waals surface area contributed by atoms with Gasteiger partial charge < -0.3 is 20.0 Å². The van der Waals surface area contributed by atoms with Crippen molar-refractivity contribution in [2.45, 2.75) is 32.1 Å². The first-order chi connectivity index (χ1) is 15.5. The van der Waals surface area contributed by atoms with Gasteiger partial charge in [-0.25, -0.2) is 4.98 Å². The highest BCUT2D eigenvalue weighted by Crippen LogP contribution is 2.31. The number of nitrogens with zero attached hydrogens (tertiary/aromatic N) is 2. The molecule has 1 aliphatic heterocycles. The third-order valence-electron chi connectivity index (χ3n) is 5.29. The molecule has 8 nitrogen and oxygen atoms in total.